The Morgan fingerprint density at radius 2 is 1.38 bits per heavy atom. The SMILES string of the molecule is Cc1[c]c(N(C)C)c(C)c(C)c1C. The number of aryl methyl sites for hydroxylation is 1. The second-order valence-corrected chi connectivity index (χ2v) is 3.87. The van der Waals surface area contributed by atoms with Gasteiger partial charge in [-0.05, 0) is 49.9 Å². The van der Waals surface area contributed by atoms with Crippen LogP contribution in [0.1, 0.15) is 22.3 Å². The first-order chi connectivity index (χ1) is 5.95. The molecule has 0 saturated heterocycles. The maximum absolute atomic E-state index is 3.41. The minimum Gasteiger partial charge on any atom is -0.377 e. The van der Waals surface area contributed by atoms with Gasteiger partial charge in [0.25, 0.3) is 0 Å². The zero-order chi connectivity index (χ0) is 10.2. The highest BCUT2D eigenvalue weighted by Crippen LogP contribution is 2.25. The van der Waals surface area contributed by atoms with Crippen LogP contribution in [0.15, 0.2) is 0 Å². The maximum atomic E-state index is 3.41. The Labute approximate surface area is 81.4 Å². The van der Waals surface area contributed by atoms with Crippen molar-refractivity contribution >= 4 is 5.69 Å². The summed E-state index contributed by atoms with van der Waals surface area (Å²) in [5, 5.41) is 0. The molecule has 0 unspecified atom stereocenters. The van der Waals surface area contributed by atoms with Crippen LogP contribution in [0.2, 0.25) is 0 Å². The van der Waals surface area contributed by atoms with E-state index in [0.29, 0.717) is 0 Å². The number of anilines is 1. The zero-order valence-electron chi connectivity index (χ0n) is 9.45. The van der Waals surface area contributed by atoms with Crippen LogP contribution in [-0.2, 0) is 0 Å². The van der Waals surface area contributed by atoms with Crippen molar-refractivity contribution in [2.45, 2.75) is 27.7 Å². The molecule has 1 heteroatoms. The third kappa shape index (κ3) is 1.69. The molecule has 0 aliphatic rings. The lowest BCUT2D eigenvalue weighted by Crippen LogP contribution is -2.12. The predicted molar refractivity (Wildman–Crippen MR) is 58.6 cm³/mol. The lowest BCUT2D eigenvalue weighted by atomic mass is 9.97. The Morgan fingerprint density at radius 3 is 1.85 bits per heavy atom. The zero-order valence-corrected chi connectivity index (χ0v) is 9.45. The van der Waals surface area contributed by atoms with Crippen molar-refractivity contribution in [3.63, 3.8) is 0 Å². The van der Waals surface area contributed by atoms with Gasteiger partial charge < -0.3 is 4.90 Å². The third-order valence-corrected chi connectivity index (χ3v) is 2.80. The predicted octanol–water partition coefficient (Wildman–Crippen LogP) is 2.79. The topological polar surface area (TPSA) is 3.24 Å². The quantitative estimate of drug-likeness (QED) is 0.636. The Bertz CT molecular complexity index is 324. The normalized spacial score (nSPS) is 10.3. The van der Waals surface area contributed by atoms with Crippen molar-refractivity contribution in [3.05, 3.63) is 28.3 Å². The average Bonchev–Trinajstić information content (AvgIpc) is 2.07. The molecule has 0 heterocycles. The van der Waals surface area contributed by atoms with E-state index in [9.17, 15) is 0 Å². The van der Waals surface area contributed by atoms with E-state index in [1.54, 1.807) is 0 Å². The van der Waals surface area contributed by atoms with E-state index in [-0.39, 0.29) is 0 Å². The van der Waals surface area contributed by atoms with Crippen LogP contribution in [0.4, 0.5) is 5.69 Å². The largest absolute Gasteiger partial charge is 0.377 e. The van der Waals surface area contributed by atoms with Gasteiger partial charge in [0.05, 0.1) is 0 Å². The molecule has 1 radical (unpaired) electrons. The summed E-state index contributed by atoms with van der Waals surface area (Å²) in [4.78, 5) is 2.12. The van der Waals surface area contributed by atoms with Gasteiger partial charge in [-0.25, -0.2) is 0 Å². The summed E-state index contributed by atoms with van der Waals surface area (Å²) in [6.07, 6.45) is 0. The van der Waals surface area contributed by atoms with E-state index in [0.717, 1.165) is 0 Å². The molecule has 0 fully saturated rings. The highest BCUT2D eigenvalue weighted by atomic mass is 15.1. The van der Waals surface area contributed by atoms with Gasteiger partial charge in [0.15, 0.2) is 0 Å². The van der Waals surface area contributed by atoms with Crippen molar-refractivity contribution in [3.8, 4) is 0 Å². The molecular formula is C12H18N. The molecule has 1 aromatic carbocycles. The Balaban J connectivity index is 3.41. The molecule has 1 nitrogen and oxygen atoms in total. The summed E-state index contributed by atoms with van der Waals surface area (Å²) in [7, 11) is 4.13. The molecule has 1 rings (SSSR count). The van der Waals surface area contributed by atoms with Crippen LogP contribution in [0.5, 0.6) is 0 Å². The van der Waals surface area contributed by atoms with Crippen LogP contribution in [0.3, 0.4) is 0 Å². The van der Waals surface area contributed by atoms with Gasteiger partial charge in [0.1, 0.15) is 0 Å². The van der Waals surface area contributed by atoms with Crippen LogP contribution in [-0.4, -0.2) is 14.1 Å². The molecule has 0 amide bonds. The number of nitrogens with zero attached hydrogens (tertiary/aromatic N) is 1. The summed E-state index contributed by atoms with van der Waals surface area (Å²) in [6.45, 7) is 8.62. The lowest BCUT2D eigenvalue weighted by molar-refractivity contribution is 1.08. The standard InChI is InChI=1S/C12H18N/c1-8-7-12(13(5)6)11(4)10(3)9(8)2/h1-6H3. The maximum Gasteiger partial charge on any atom is 0.0476 e. The van der Waals surface area contributed by atoms with Crippen LogP contribution < -0.4 is 4.90 Å². The number of hydrogen-bond acceptors (Lipinski definition) is 1. The van der Waals surface area contributed by atoms with E-state index in [4.69, 9.17) is 0 Å². The molecule has 71 valence electrons. The highest BCUT2D eigenvalue weighted by Gasteiger charge is 2.08. The molecule has 0 N–H and O–H groups in total. The molecular weight excluding hydrogens is 158 g/mol. The summed E-state index contributed by atoms with van der Waals surface area (Å²) in [6, 6.07) is 3.41. The van der Waals surface area contributed by atoms with Gasteiger partial charge in [0, 0.05) is 25.8 Å². The highest BCUT2D eigenvalue weighted by molar-refractivity contribution is 5.58. The minimum absolute atomic E-state index is 1.21. The second-order valence-electron chi connectivity index (χ2n) is 3.87. The number of hydrogen-bond donors (Lipinski definition) is 0. The number of rotatable bonds is 1. The van der Waals surface area contributed by atoms with E-state index in [2.05, 4.69) is 52.8 Å². The van der Waals surface area contributed by atoms with Gasteiger partial charge in [-0.2, -0.15) is 0 Å². The van der Waals surface area contributed by atoms with Crippen molar-refractivity contribution in [1.82, 2.24) is 0 Å². The second kappa shape index (κ2) is 3.41. The molecule has 0 spiro atoms. The lowest BCUT2D eigenvalue weighted by Gasteiger charge is -2.19. The Hall–Kier alpha value is -0.980. The van der Waals surface area contributed by atoms with Gasteiger partial charge in [0.2, 0.25) is 0 Å². The van der Waals surface area contributed by atoms with Crippen molar-refractivity contribution in [1.29, 1.82) is 0 Å². The van der Waals surface area contributed by atoms with Crippen molar-refractivity contribution in [2.24, 2.45) is 0 Å². The van der Waals surface area contributed by atoms with Crippen molar-refractivity contribution in [2.75, 3.05) is 19.0 Å². The fourth-order valence-electron chi connectivity index (χ4n) is 1.55. The van der Waals surface area contributed by atoms with Crippen LogP contribution in [0, 0.1) is 33.8 Å². The molecule has 0 atom stereocenters. The summed E-state index contributed by atoms with van der Waals surface area (Å²) in [5.41, 5.74) is 6.56. The first-order valence-corrected chi connectivity index (χ1v) is 4.62. The van der Waals surface area contributed by atoms with E-state index in [1.807, 2.05) is 0 Å². The fraction of sp³-hybridized carbons (Fsp3) is 0.500. The summed E-state index contributed by atoms with van der Waals surface area (Å²) >= 11 is 0. The first kappa shape index (κ1) is 10.1. The van der Waals surface area contributed by atoms with E-state index in [1.165, 1.54) is 27.9 Å². The summed E-state index contributed by atoms with van der Waals surface area (Å²) in [5.74, 6) is 0. The Morgan fingerprint density at radius 1 is 0.846 bits per heavy atom. The molecule has 0 bridgehead atoms. The first-order valence-electron chi connectivity index (χ1n) is 4.62. The monoisotopic (exact) mass is 176 g/mol. The Kier molecular flexibility index (Phi) is 2.65. The molecule has 0 aromatic heterocycles. The van der Waals surface area contributed by atoms with Gasteiger partial charge in [-0.3, -0.25) is 0 Å². The average molecular weight is 176 g/mol. The van der Waals surface area contributed by atoms with Crippen molar-refractivity contribution < 1.29 is 0 Å². The van der Waals surface area contributed by atoms with Crippen LogP contribution >= 0.6 is 0 Å². The number of benzene rings is 1. The fourth-order valence-corrected chi connectivity index (χ4v) is 1.55. The smallest absolute Gasteiger partial charge is 0.0476 e. The molecule has 0 saturated carbocycles. The van der Waals surface area contributed by atoms with Gasteiger partial charge in [-0.1, -0.05) is 0 Å². The van der Waals surface area contributed by atoms with E-state index >= 15 is 0 Å². The molecule has 0 aliphatic heterocycles. The summed E-state index contributed by atoms with van der Waals surface area (Å²) < 4.78 is 0. The third-order valence-electron chi connectivity index (χ3n) is 2.80. The van der Waals surface area contributed by atoms with Gasteiger partial charge >= 0.3 is 0 Å². The molecule has 0 aliphatic carbocycles. The molecule has 1 aromatic rings. The van der Waals surface area contributed by atoms with Crippen LogP contribution in [0.25, 0.3) is 0 Å². The van der Waals surface area contributed by atoms with Gasteiger partial charge in [-0.15, -0.1) is 0 Å². The van der Waals surface area contributed by atoms with E-state index < -0.39 is 0 Å². The molecule has 13 heavy (non-hydrogen) atoms. The minimum atomic E-state index is 1.21.